The van der Waals surface area contributed by atoms with Gasteiger partial charge in [-0.05, 0) is 80.0 Å². The Morgan fingerprint density at radius 1 is 1.41 bits per heavy atom. The van der Waals surface area contributed by atoms with E-state index in [0.717, 1.165) is 43.4 Å². The molecule has 0 saturated heterocycles. The molecule has 1 saturated carbocycles. The van der Waals surface area contributed by atoms with E-state index in [2.05, 4.69) is 23.2 Å². The highest BCUT2D eigenvalue weighted by atomic mass is 16.5. The first-order valence-electron chi connectivity index (χ1n) is 10.1. The summed E-state index contributed by atoms with van der Waals surface area (Å²) in [5.74, 6) is 1.75. The van der Waals surface area contributed by atoms with E-state index in [1.807, 2.05) is 19.1 Å². The predicted molar refractivity (Wildman–Crippen MR) is 101 cm³/mol. The second kappa shape index (κ2) is 5.85. The molecule has 1 heterocycles. The third-order valence-corrected chi connectivity index (χ3v) is 7.43. The maximum atomic E-state index is 12.3. The van der Waals surface area contributed by atoms with Gasteiger partial charge < -0.3 is 9.84 Å². The molecule has 2 N–H and O–H groups in total. The monoisotopic (exact) mass is 366 g/mol. The number of fused-ring (bicyclic) bond motifs is 7. The van der Waals surface area contributed by atoms with Crippen molar-refractivity contribution in [2.24, 2.45) is 11.8 Å². The van der Waals surface area contributed by atoms with E-state index in [-0.39, 0.29) is 11.4 Å². The van der Waals surface area contributed by atoms with Gasteiger partial charge in [0.25, 0.3) is 0 Å². The molecule has 4 atom stereocenters. The van der Waals surface area contributed by atoms with Crippen molar-refractivity contribution >= 4 is 5.97 Å². The van der Waals surface area contributed by atoms with E-state index in [9.17, 15) is 9.90 Å². The number of rotatable bonds is 2. The molecule has 27 heavy (non-hydrogen) atoms. The Balaban J connectivity index is 1.50. The summed E-state index contributed by atoms with van der Waals surface area (Å²) in [4.78, 5) is 12.3. The third-order valence-electron chi connectivity index (χ3n) is 7.43. The molecule has 5 nitrogen and oxygen atoms in total. The quantitative estimate of drug-likeness (QED) is 0.792. The molecule has 3 aliphatic rings. The zero-order valence-corrected chi connectivity index (χ0v) is 15.9. The Labute approximate surface area is 159 Å². The number of aryl methyl sites for hydroxylation is 1. The first kappa shape index (κ1) is 16.8. The van der Waals surface area contributed by atoms with E-state index in [0.29, 0.717) is 35.8 Å². The van der Waals surface area contributed by atoms with E-state index < -0.39 is 0 Å². The number of aromatic hydroxyl groups is 1. The van der Waals surface area contributed by atoms with Crippen LogP contribution in [0, 0.1) is 11.8 Å². The molecule has 5 heteroatoms. The first-order chi connectivity index (χ1) is 13.0. The van der Waals surface area contributed by atoms with Gasteiger partial charge in [0.05, 0.1) is 6.61 Å². The molecule has 1 aromatic carbocycles. The zero-order chi connectivity index (χ0) is 18.8. The molecule has 1 fully saturated rings. The summed E-state index contributed by atoms with van der Waals surface area (Å²) >= 11 is 0. The second-order valence-electron chi connectivity index (χ2n) is 8.61. The Kier molecular flexibility index (Phi) is 3.65. The standard InChI is InChI=1S/C22H26N2O3/c1-3-27-21(26)19-17-11-18-16-6-4-12-10-13(25)5-7-14(12)15(16)8-9-22(18,2)20(17)24-23-19/h5,7,10,15-16,18,25H,3-4,6,8-9,11H2,1-2H3,(H,23,24)/t15-,16-,18+,22+/m1/s1. The maximum absolute atomic E-state index is 12.3. The second-order valence-corrected chi connectivity index (χ2v) is 8.61. The number of phenolic OH excluding ortho intramolecular Hbond substituents is 1. The van der Waals surface area contributed by atoms with Crippen LogP contribution in [0.25, 0.3) is 0 Å². The van der Waals surface area contributed by atoms with Crippen LogP contribution in [0.1, 0.15) is 71.9 Å². The lowest BCUT2D eigenvalue weighted by Gasteiger charge is -2.49. The summed E-state index contributed by atoms with van der Waals surface area (Å²) in [5, 5.41) is 17.4. The number of ether oxygens (including phenoxy) is 1. The summed E-state index contributed by atoms with van der Waals surface area (Å²) in [6, 6.07) is 5.90. The Morgan fingerprint density at radius 2 is 2.26 bits per heavy atom. The predicted octanol–water partition coefficient (Wildman–Crippen LogP) is 3.86. The van der Waals surface area contributed by atoms with Crippen molar-refractivity contribution < 1.29 is 14.6 Å². The molecule has 5 rings (SSSR count). The number of carbonyl (C=O) groups excluding carboxylic acids is 1. The number of aromatic amines is 1. The minimum atomic E-state index is -0.307. The minimum Gasteiger partial charge on any atom is -0.508 e. The summed E-state index contributed by atoms with van der Waals surface area (Å²) in [6.07, 6.45) is 5.31. The number of phenols is 1. The van der Waals surface area contributed by atoms with Gasteiger partial charge in [0.2, 0.25) is 0 Å². The van der Waals surface area contributed by atoms with E-state index in [1.54, 1.807) is 0 Å². The van der Waals surface area contributed by atoms with Crippen LogP contribution in [0.5, 0.6) is 5.75 Å². The maximum Gasteiger partial charge on any atom is 0.359 e. The fourth-order valence-electron chi connectivity index (χ4n) is 6.20. The molecule has 2 aromatic rings. The van der Waals surface area contributed by atoms with Crippen LogP contribution in [0.4, 0.5) is 0 Å². The number of hydrogen-bond donors (Lipinski definition) is 2. The summed E-state index contributed by atoms with van der Waals surface area (Å²) in [5.41, 5.74) is 5.52. The molecule has 0 aliphatic heterocycles. The van der Waals surface area contributed by atoms with E-state index in [4.69, 9.17) is 4.74 Å². The SMILES string of the molecule is CCOC(=O)c1n[nH]c2c1C[C@H]1[C@@H]3CCc4cc(O)ccc4[C@H]3CC[C@]21C. The van der Waals surface area contributed by atoms with Crippen molar-refractivity contribution in [3.63, 3.8) is 0 Å². The number of nitrogens with zero attached hydrogens (tertiary/aromatic N) is 1. The first-order valence-corrected chi connectivity index (χ1v) is 10.1. The van der Waals surface area contributed by atoms with Crippen LogP contribution in [0.3, 0.4) is 0 Å². The Morgan fingerprint density at radius 3 is 3.07 bits per heavy atom. The van der Waals surface area contributed by atoms with Crippen molar-refractivity contribution in [1.29, 1.82) is 0 Å². The van der Waals surface area contributed by atoms with Gasteiger partial charge in [0.15, 0.2) is 5.69 Å². The van der Waals surface area contributed by atoms with Crippen LogP contribution in [0.2, 0.25) is 0 Å². The average Bonchev–Trinajstić information content (AvgIpc) is 3.19. The smallest absolute Gasteiger partial charge is 0.359 e. The van der Waals surface area contributed by atoms with E-state index >= 15 is 0 Å². The topological polar surface area (TPSA) is 75.2 Å². The largest absolute Gasteiger partial charge is 0.508 e. The molecule has 0 spiro atoms. The van der Waals surface area contributed by atoms with Crippen molar-refractivity contribution in [2.45, 2.75) is 57.3 Å². The molecule has 0 unspecified atom stereocenters. The van der Waals surface area contributed by atoms with Gasteiger partial charge in [-0.2, -0.15) is 5.10 Å². The highest BCUT2D eigenvalue weighted by Crippen LogP contribution is 2.60. The highest BCUT2D eigenvalue weighted by Gasteiger charge is 2.55. The normalized spacial score (nSPS) is 30.8. The number of H-pyrrole nitrogens is 1. The summed E-state index contributed by atoms with van der Waals surface area (Å²) in [6.45, 7) is 4.54. The number of hydrogen-bond acceptors (Lipinski definition) is 4. The molecule has 0 bridgehead atoms. The van der Waals surface area contributed by atoms with Crippen LogP contribution in [-0.4, -0.2) is 27.9 Å². The zero-order valence-electron chi connectivity index (χ0n) is 15.9. The fraction of sp³-hybridized carbons (Fsp3) is 0.545. The highest BCUT2D eigenvalue weighted by molar-refractivity contribution is 5.89. The lowest BCUT2D eigenvalue weighted by Crippen LogP contribution is -2.43. The Hall–Kier alpha value is -2.30. The number of aromatic nitrogens is 2. The molecule has 0 amide bonds. The molecule has 3 aliphatic carbocycles. The van der Waals surface area contributed by atoms with Gasteiger partial charge in [-0.1, -0.05) is 13.0 Å². The van der Waals surface area contributed by atoms with Gasteiger partial charge in [-0.15, -0.1) is 0 Å². The van der Waals surface area contributed by atoms with Crippen LogP contribution in [-0.2, 0) is 23.0 Å². The summed E-state index contributed by atoms with van der Waals surface area (Å²) < 4.78 is 5.22. The van der Waals surface area contributed by atoms with Gasteiger partial charge in [-0.25, -0.2) is 4.79 Å². The lowest BCUT2D eigenvalue weighted by molar-refractivity contribution is 0.0516. The van der Waals surface area contributed by atoms with Crippen LogP contribution >= 0.6 is 0 Å². The molecule has 0 radical (unpaired) electrons. The third kappa shape index (κ3) is 2.30. The average molecular weight is 366 g/mol. The molecular weight excluding hydrogens is 340 g/mol. The van der Waals surface area contributed by atoms with Crippen LogP contribution in [0.15, 0.2) is 18.2 Å². The fourth-order valence-corrected chi connectivity index (χ4v) is 6.20. The molecular formula is C22H26N2O3. The number of benzene rings is 1. The van der Waals surface area contributed by atoms with Gasteiger partial charge in [-0.3, -0.25) is 5.10 Å². The van der Waals surface area contributed by atoms with Crippen molar-refractivity contribution in [1.82, 2.24) is 10.2 Å². The van der Waals surface area contributed by atoms with E-state index in [1.165, 1.54) is 11.1 Å². The van der Waals surface area contributed by atoms with Crippen molar-refractivity contribution in [3.05, 3.63) is 46.3 Å². The minimum absolute atomic E-state index is 0.0582. The van der Waals surface area contributed by atoms with Gasteiger partial charge >= 0.3 is 5.97 Å². The summed E-state index contributed by atoms with van der Waals surface area (Å²) in [7, 11) is 0. The Bertz CT molecular complexity index is 918. The van der Waals surface area contributed by atoms with Gasteiger partial charge in [0.1, 0.15) is 5.75 Å². The van der Waals surface area contributed by atoms with Crippen molar-refractivity contribution in [2.75, 3.05) is 6.61 Å². The van der Waals surface area contributed by atoms with Crippen LogP contribution < -0.4 is 0 Å². The molecule has 1 aromatic heterocycles. The lowest BCUT2D eigenvalue weighted by atomic mass is 9.55. The number of esters is 1. The number of carbonyl (C=O) groups is 1. The van der Waals surface area contributed by atoms with Crippen molar-refractivity contribution in [3.8, 4) is 5.75 Å². The van der Waals surface area contributed by atoms with Gasteiger partial charge in [0, 0.05) is 16.7 Å². The molecule has 142 valence electrons. The number of nitrogens with one attached hydrogen (secondary N) is 1.